The van der Waals surface area contributed by atoms with Gasteiger partial charge in [-0.1, -0.05) is 12.1 Å². The van der Waals surface area contributed by atoms with Crippen LogP contribution in [0, 0.1) is 6.92 Å². The van der Waals surface area contributed by atoms with Crippen molar-refractivity contribution in [1.29, 1.82) is 0 Å². The summed E-state index contributed by atoms with van der Waals surface area (Å²) in [7, 11) is 0. The van der Waals surface area contributed by atoms with Crippen LogP contribution in [0.4, 0.5) is 13.2 Å². The number of aromatic nitrogens is 1. The topological polar surface area (TPSA) is 52.3 Å². The molecule has 1 aromatic heterocycles. The number of halogens is 3. The van der Waals surface area contributed by atoms with Crippen molar-refractivity contribution in [2.75, 3.05) is 0 Å². The second kappa shape index (κ2) is 8.12. The normalized spacial score (nSPS) is 11.7. The number of nitrogens with zero attached hydrogens (tertiary/aromatic N) is 1. The van der Waals surface area contributed by atoms with E-state index in [2.05, 4.69) is 4.98 Å². The average molecular weight is 387 g/mol. The molecule has 0 saturated heterocycles. The predicted octanol–water partition coefficient (Wildman–Crippen LogP) is 5.56. The highest BCUT2D eigenvalue weighted by Crippen LogP contribution is 2.29. The van der Waals surface area contributed by atoms with Gasteiger partial charge < -0.3 is 9.15 Å². The molecule has 144 valence electrons. The minimum Gasteiger partial charge on any atom is -0.487 e. The molecule has 3 rings (SSSR count). The molecular formula is C21H16F3NO3. The summed E-state index contributed by atoms with van der Waals surface area (Å²) >= 11 is 0. The summed E-state index contributed by atoms with van der Waals surface area (Å²) in [6, 6.07) is 9.92. The van der Waals surface area contributed by atoms with Gasteiger partial charge in [0.15, 0.2) is 0 Å². The Morgan fingerprint density at radius 1 is 1.11 bits per heavy atom. The maximum Gasteiger partial charge on any atom is 0.416 e. The van der Waals surface area contributed by atoms with E-state index in [1.165, 1.54) is 18.4 Å². The molecule has 0 fully saturated rings. The van der Waals surface area contributed by atoms with Gasteiger partial charge in [-0.05, 0) is 54.5 Å². The monoisotopic (exact) mass is 387 g/mol. The fourth-order valence-electron chi connectivity index (χ4n) is 2.44. The molecule has 1 heterocycles. The van der Waals surface area contributed by atoms with Gasteiger partial charge in [0.1, 0.15) is 30.6 Å². The van der Waals surface area contributed by atoms with Crippen molar-refractivity contribution in [3.05, 3.63) is 82.6 Å². The number of carbonyl (C=O) groups is 1. The minimum absolute atomic E-state index is 0.178. The number of benzene rings is 2. The van der Waals surface area contributed by atoms with Crippen LogP contribution in [-0.2, 0) is 12.8 Å². The van der Waals surface area contributed by atoms with Crippen LogP contribution in [0.1, 0.15) is 38.6 Å². The SMILES string of the molecule is Cc1cc(OCc2coc(/C=C/c3ccc(C(F)(F)F)cc3)n2)ccc1C=O. The highest BCUT2D eigenvalue weighted by molar-refractivity contribution is 5.77. The van der Waals surface area contributed by atoms with Crippen LogP contribution in [0.15, 0.2) is 53.1 Å². The number of oxazole rings is 1. The number of hydrogen-bond donors (Lipinski definition) is 0. The summed E-state index contributed by atoms with van der Waals surface area (Å²) in [5.74, 6) is 0.916. The van der Waals surface area contributed by atoms with Gasteiger partial charge in [0.2, 0.25) is 5.89 Å². The first-order chi connectivity index (χ1) is 13.3. The molecule has 0 atom stereocenters. The Balaban J connectivity index is 1.60. The number of ether oxygens (including phenoxy) is 1. The van der Waals surface area contributed by atoms with E-state index in [0.29, 0.717) is 28.5 Å². The van der Waals surface area contributed by atoms with Crippen molar-refractivity contribution in [2.45, 2.75) is 19.7 Å². The Hall–Kier alpha value is -3.35. The molecule has 0 unspecified atom stereocenters. The Bertz CT molecular complexity index is 989. The number of alkyl halides is 3. The second-order valence-electron chi connectivity index (χ2n) is 6.06. The van der Waals surface area contributed by atoms with E-state index in [1.54, 1.807) is 30.4 Å². The van der Waals surface area contributed by atoms with Gasteiger partial charge in [-0.2, -0.15) is 13.2 Å². The molecule has 0 bridgehead atoms. The van der Waals surface area contributed by atoms with E-state index >= 15 is 0 Å². The fourth-order valence-corrected chi connectivity index (χ4v) is 2.44. The zero-order valence-corrected chi connectivity index (χ0v) is 14.9. The molecule has 0 aliphatic heterocycles. The van der Waals surface area contributed by atoms with Crippen molar-refractivity contribution >= 4 is 18.4 Å². The summed E-state index contributed by atoms with van der Waals surface area (Å²) in [6.07, 6.45) is 1.05. The third kappa shape index (κ3) is 4.88. The summed E-state index contributed by atoms with van der Waals surface area (Å²) in [4.78, 5) is 15.1. The highest BCUT2D eigenvalue weighted by atomic mass is 19.4. The first-order valence-electron chi connectivity index (χ1n) is 8.33. The molecule has 0 N–H and O–H groups in total. The van der Waals surface area contributed by atoms with Crippen molar-refractivity contribution in [3.8, 4) is 5.75 Å². The molecule has 3 aromatic rings. The van der Waals surface area contributed by atoms with E-state index < -0.39 is 11.7 Å². The first-order valence-corrected chi connectivity index (χ1v) is 8.33. The van der Waals surface area contributed by atoms with Crippen LogP contribution in [-0.4, -0.2) is 11.3 Å². The van der Waals surface area contributed by atoms with Gasteiger partial charge in [0.05, 0.1) is 5.56 Å². The third-order valence-corrected chi connectivity index (χ3v) is 3.98. The number of hydrogen-bond acceptors (Lipinski definition) is 4. The maximum absolute atomic E-state index is 12.6. The summed E-state index contributed by atoms with van der Waals surface area (Å²) in [5.41, 5.74) is 1.87. The Labute approximate surface area is 159 Å². The molecule has 7 heteroatoms. The fraction of sp³-hybridized carbons (Fsp3) is 0.143. The molecule has 0 aliphatic carbocycles. The van der Waals surface area contributed by atoms with E-state index in [9.17, 15) is 18.0 Å². The molecule has 0 saturated carbocycles. The van der Waals surface area contributed by atoms with Gasteiger partial charge in [0, 0.05) is 11.6 Å². The van der Waals surface area contributed by atoms with Gasteiger partial charge in [-0.25, -0.2) is 4.98 Å². The molecule has 0 amide bonds. The molecule has 0 aliphatic rings. The van der Waals surface area contributed by atoms with Gasteiger partial charge in [0.25, 0.3) is 0 Å². The number of rotatable bonds is 6. The number of aryl methyl sites for hydroxylation is 1. The van der Waals surface area contributed by atoms with E-state index in [4.69, 9.17) is 9.15 Å². The smallest absolute Gasteiger partial charge is 0.416 e. The lowest BCUT2D eigenvalue weighted by atomic mass is 10.1. The molecular weight excluding hydrogens is 371 g/mol. The lowest BCUT2D eigenvalue weighted by molar-refractivity contribution is -0.137. The van der Waals surface area contributed by atoms with Gasteiger partial charge in [-0.15, -0.1) is 0 Å². The predicted molar refractivity (Wildman–Crippen MR) is 97.8 cm³/mol. The molecule has 4 nitrogen and oxygen atoms in total. The average Bonchev–Trinajstić information content (AvgIpc) is 3.12. The third-order valence-electron chi connectivity index (χ3n) is 3.98. The van der Waals surface area contributed by atoms with Gasteiger partial charge >= 0.3 is 6.18 Å². The van der Waals surface area contributed by atoms with Crippen LogP contribution in [0.3, 0.4) is 0 Å². The summed E-state index contributed by atoms with van der Waals surface area (Å²) < 4.78 is 48.6. The summed E-state index contributed by atoms with van der Waals surface area (Å²) in [6.45, 7) is 1.99. The molecule has 28 heavy (non-hydrogen) atoms. The van der Waals surface area contributed by atoms with Crippen molar-refractivity contribution in [3.63, 3.8) is 0 Å². The van der Waals surface area contributed by atoms with Crippen molar-refractivity contribution < 1.29 is 27.1 Å². The number of carbonyl (C=O) groups excluding carboxylic acids is 1. The summed E-state index contributed by atoms with van der Waals surface area (Å²) in [5, 5.41) is 0. The Morgan fingerprint density at radius 3 is 2.50 bits per heavy atom. The quantitative estimate of drug-likeness (QED) is 0.520. The van der Waals surface area contributed by atoms with Gasteiger partial charge in [-0.3, -0.25) is 4.79 Å². The second-order valence-corrected chi connectivity index (χ2v) is 6.06. The lowest BCUT2D eigenvalue weighted by Crippen LogP contribution is -2.03. The lowest BCUT2D eigenvalue weighted by Gasteiger charge is -2.06. The van der Waals surface area contributed by atoms with Crippen molar-refractivity contribution in [2.24, 2.45) is 0 Å². The van der Waals surface area contributed by atoms with E-state index in [-0.39, 0.29) is 6.61 Å². The minimum atomic E-state index is -4.36. The zero-order valence-electron chi connectivity index (χ0n) is 14.9. The molecule has 0 spiro atoms. The zero-order chi connectivity index (χ0) is 20.1. The van der Waals surface area contributed by atoms with Crippen molar-refractivity contribution in [1.82, 2.24) is 4.98 Å². The van der Waals surface area contributed by atoms with Crippen LogP contribution < -0.4 is 4.74 Å². The van der Waals surface area contributed by atoms with E-state index in [1.807, 2.05) is 6.92 Å². The molecule has 2 aromatic carbocycles. The van der Waals surface area contributed by atoms with Crippen LogP contribution in [0.2, 0.25) is 0 Å². The van der Waals surface area contributed by atoms with Crippen LogP contribution in [0.25, 0.3) is 12.2 Å². The standard InChI is InChI=1S/C21H16F3NO3/c1-14-10-19(8-5-16(14)11-26)27-12-18-13-28-20(25-18)9-4-15-2-6-17(7-3-15)21(22,23)24/h2-11,13H,12H2,1H3/b9-4+. The van der Waals surface area contributed by atoms with Crippen LogP contribution >= 0.6 is 0 Å². The number of aldehydes is 1. The Morgan fingerprint density at radius 2 is 1.86 bits per heavy atom. The largest absolute Gasteiger partial charge is 0.487 e. The molecule has 0 radical (unpaired) electrons. The first kappa shape index (κ1) is 19.4. The van der Waals surface area contributed by atoms with Crippen LogP contribution in [0.5, 0.6) is 5.75 Å². The van der Waals surface area contributed by atoms with E-state index in [0.717, 1.165) is 24.0 Å². The maximum atomic E-state index is 12.6. The highest BCUT2D eigenvalue weighted by Gasteiger charge is 2.29. The Kier molecular flexibility index (Phi) is 5.63.